The number of methoxy groups -OCH3 is 1. The summed E-state index contributed by atoms with van der Waals surface area (Å²) in [5.74, 6) is 0.924. The molecule has 0 aromatic heterocycles. The SMILES string of the molecule is COc1ccc(CCNC(=O)[C@H]2CCN(S(C)(=O)=O)c3ccccc3O2)cc1. The number of hydrogen-bond acceptors (Lipinski definition) is 5. The fourth-order valence-electron chi connectivity index (χ4n) is 3.10. The second kappa shape index (κ2) is 8.52. The van der Waals surface area contributed by atoms with E-state index in [1.807, 2.05) is 24.3 Å². The Morgan fingerprint density at radius 1 is 1.21 bits per heavy atom. The van der Waals surface area contributed by atoms with Gasteiger partial charge in [0.15, 0.2) is 6.10 Å². The number of sulfonamides is 1. The van der Waals surface area contributed by atoms with E-state index in [2.05, 4.69) is 5.32 Å². The number of nitrogens with one attached hydrogen (secondary N) is 1. The first-order valence-electron chi connectivity index (χ1n) is 9.02. The molecule has 2 aromatic rings. The molecule has 1 aliphatic heterocycles. The Balaban J connectivity index is 1.63. The van der Waals surface area contributed by atoms with Crippen molar-refractivity contribution in [2.45, 2.75) is 18.9 Å². The van der Waals surface area contributed by atoms with E-state index in [0.29, 0.717) is 24.4 Å². The van der Waals surface area contributed by atoms with E-state index in [4.69, 9.17) is 9.47 Å². The summed E-state index contributed by atoms with van der Waals surface area (Å²) in [7, 11) is -1.84. The van der Waals surface area contributed by atoms with E-state index < -0.39 is 16.1 Å². The smallest absolute Gasteiger partial charge is 0.261 e. The molecule has 0 saturated carbocycles. The molecule has 0 fully saturated rings. The lowest BCUT2D eigenvalue weighted by Crippen LogP contribution is -2.40. The van der Waals surface area contributed by atoms with Crippen molar-refractivity contribution in [2.75, 3.05) is 30.8 Å². The lowest BCUT2D eigenvalue weighted by Gasteiger charge is -2.20. The van der Waals surface area contributed by atoms with Gasteiger partial charge in [0.05, 0.1) is 19.1 Å². The van der Waals surface area contributed by atoms with Crippen molar-refractivity contribution >= 4 is 21.6 Å². The van der Waals surface area contributed by atoms with Gasteiger partial charge in [-0.15, -0.1) is 0 Å². The first kappa shape index (κ1) is 20.0. The van der Waals surface area contributed by atoms with E-state index in [1.165, 1.54) is 4.31 Å². The summed E-state index contributed by atoms with van der Waals surface area (Å²) in [6, 6.07) is 14.5. The van der Waals surface area contributed by atoms with Crippen LogP contribution in [0.5, 0.6) is 11.5 Å². The van der Waals surface area contributed by atoms with Crippen molar-refractivity contribution in [3.05, 3.63) is 54.1 Å². The fraction of sp³-hybridized carbons (Fsp3) is 0.350. The molecule has 0 bridgehead atoms. The largest absolute Gasteiger partial charge is 0.497 e. The van der Waals surface area contributed by atoms with Crippen LogP contribution in [0.3, 0.4) is 0 Å². The number of carbonyl (C=O) groups is 1. The third kappa shape index (κ3) is 4.75. The molecule has 28 heavy (non-hydrogen) atoms. The molecule has 0 aliphatic carbocycles. The van der Waals surface area contributed by atoms with Crippen LogP contribution in [-0.4, -0.2) is 46.9 Å². The van der Waals surface area contributed by atoms with E-state index in [9.17, 15) is 13.2 Å². The molecular formula is C20H24N2O5S. The number of anilines is 1. The molecule has 8 heteroatoms. The molecule has 1 amide bonds. The van der Waals surface area contributed by atoms with Gasteiger partial charge >= 0.3 is 0 Å². The number of ether oxygens (including phenoxy) is 2. The summed E-state index contributed by atoms with van der Waals surface area (Å²) in [5, 5.41) is 2.88. The molecule has 2 aromatic carbocycles. The van der Waals surface area contributed by atoms with Gasteiger partial charge < -0.3 is 14.8 Å². The first-order valence-corrected chi connectivity index (χ1v) is 10.9. The molecule has 150 valence electrons. The van der Waals surface area contributed by atoms with Crippen LogP contribution in [-0.2, 0) is 21.2 Å². The van der Waals surface area contributed by atoms with E-state index in [-0.39, 0.29) is 18.9 Å². The Hall–Kier alpha value is -2.74. The average molecular weight is 404 g/mol. The van der Waals surface area contributed by atoms with Gasteiger partial charge in [0, 0.05) is 19.5 Å². The molecule has 7 nitrogen and oxygen atoms in total. The Morgan fingerprint density at radius 2 is 1.93 bits per heavy atom. The van der Waals surface area contributed by atoms with E-state index in [1.54, 1.807) is 31.4 Å². The monoisotopic (exact) mass is 404 g/mol. The summed E-state index contributed by atoms with van der Waals surface area (Å²) in [6.07, 6.45) is 1.35. The van der Waals surface area contributed by atoms with Gasteiger partial charge in [-0.25, -0.2) is 8.42 Å². The molecular weight excluding hydrogens is 380 g/mol. The number of rotatable bonds is 6. The number of nitrogens with zero attached hydrogens (tertiary/aromatic N) is 1. The van der Waals surface area contributed by atoms with Gasteiger partial charge in [0.2, 0.25) is 10.0 Å². The van der Waals surface area contributed by atoms with Gasteiger partial charge in [0.1, 0.15) is 11.5 Å². The number of para-hydroxylation sites is 2. The van der Waals surface area contributed by atoms with Gasteiger partial charge in [-0.3, -0.25) is 9.10 Å². The zero-order valence-corrected chi connectivity index (χ0v) is 16.7. The van der Waals surface area contributed by atoms with Crippen LogP contribution in [0.2, 0.25) is 0 Å². The van der Waals surface area contributed by atoms with Crippen LogP contribution in [0.4, 0.5) is 5.69 Å². The maximum Gasteiger partial charge on any atom is 0.261 e. The minimum atomic E-state index is -3.46. The van der Waals surface area contributed by atoms with Crippen molar-refractivity contribution in [2.24, 2.45) is 0 Å². The Bertz CT molecular complexity index is 928. The highest BCUT2D eigenvalue weighted by Crippen LogP contribution is 2.33. The first-order chi connectivity index (χ1) is 13.4. The van der Waals surface area contributed by atoms with Gasteiger partial charge in [-0.2, -0.15) is 0 Å². The molecule has 3 rings (SSSR count). The van der Waals surface area contributed by atoms with Gasteiger partial charge in [-0.1, -0.05) is 24.3 Å². The molecule has 1 aliphatic rings. The van der Waals surface area contributed by atoms with Crippen LogP contribution < -0.4 is 19.1 Å². The Morgan fingerprint density at radius 3 is 2.61 bits per heavy atom. The molecule has 1 atom stereocenters. The van der Waals surface area contributed by atoms with Crippen molar-refractivity contribution in [3.8, 4) is 11.5 Å². The van der Waals surface area contributed by atoms with E-state index >= 15 is 0 Å². The standard InChI is InChI=1S/C20H24N2O5S/c1-26-16-9-7-15(8-10-16)11-13-21-20(23)19-12-14-22(28(2,24)25)17-5-3-4-6-18(17)27-19/h3-10,19H,11-14H2,1-2H3,(H,21,23)/t19-/m1/s1. The normalized spacial score (nSPS) is 16.5. The van der Waals surface area contributed by atoms with Gasteiger partial charge in [0.25, 0.3) is 5.91 Å². The highest BCUT2D eigenvalue weighted by atomic mass is 32.2. The van der Waals surface area contributed by atoms with Crippen molar-refractivity contribution in [1.82, 2.24) is 5.32 Å². The minimum Gasteiger partial charge on any atom is -0.497 e. The maximum absolute atomic E-state index is 12.6. The number of amides is 1. The highest BCUT2D eigenvalue weighted by Gasteiger charge is 2.30. The zero-order chi connectivity index (χ0) is 20.1. The predicted octanol–water partition coefficient (Wildman–Crippen LogP) is 1.97. The lowest BCUT2D eigenvalue weighted by molar-refractivity contribution is -0.128. The lowest BCUT2D eigenvalue weighted by atomic mass is 10.1. The van der Waals surface area contributed by atoms with Crippen LogP contribution in [0.15, 0.2) is 48.5 Å². The summed E-state index contributed by atoms with van der Waals surface area (Å²) in [6.45, 7) is 0.648. The number of carbonyl (C=O) groups excluding carboxylic acids is 1. The quantitative estimate of drug-likeness (QED) is 0.796. The topological polar surface area (TPSA) is 84.9 Å². The third-order valence-electron chi connectivity index (χ3n) is 4.56. The molecule has 0 radical (unpaired) electrons. The van der Waals surface area contributed by atoms with Crippen molar-refractivity contribution in [1.29, 1.82) is 0 Å². The van der Waals surface area contributed by atoms with Crippen LogP contribution in [0, 0.1) is 0 Å². The summed E-state index contributed by atoms with van der Waals surface area (Å²) in [5.41, 5.74) is 1.54. The average Bonchev–Trinajstić information content (AvgIpc) is 2.88. The number of fused-ring (bicyclic) bond motifs is 1. The Kier molecular flexibility index (Phi) is 6.08. The second-order valence-electron chi connectivity index (χ2n) is 6.59. The van der Waals surface area contributed by atoms with Crippen LogP contribution in [0.1, 0.15) is 12.0 Å². The molecule has 0 unspecified atom stereocenters. The minimum absolute atomic E-state index is 0.187. The number of hydrogen-bond donors (Lipinski definition) is 1. The van der Waals surface area contributed by atoms with Crippen molar-refractivity contribution in [3.63, 3.8) is 0 Å². The summed E-state index contributed by atoms with van der Waals surface area (Å²) in [4.78, 5) is 12.6. The fourth-order valence-corrected chi connectivity index (χ4v) is 4.04. The molecule has 0 spiro atoms. The summed E-state index contributed by atoms with van der Waals surface area (Å²) < 4.78 is 36.5. The predicted molar refractivity (Wildman–Crippen MR) is 107 cm³/mol. The molecule has 1 N–H and O–H groups in total. The van der Waals surface area contributed by atoms with Gasteiger partial charge in [-0.05, 0) is 36.2 Å². The zero-order valence-electron chi connectivity index (χ0n) is 15.9. The second-order valence-corrected chi connectivity index (χ2v) is 8.49. The number of benzene rings is 2. The van der Waals surface area contributed by atoms with Crippen LogP contribution in [0.25, 0.3) is 0 Å². The molecule has 0 saturated heterocycles. The van der Waals surface area contributed by atoms with Crippen LogP contribution >= 0.6 is 0 Å². The maximum atomic E-state index is 12.6. The third-order valence-corrected chi connectivity index (χ3v) is 5.74. The molecule has 1 heterocycles. The van der Waals surface area contributed by atoms with Crippen molar-refractivity contribution < 1.29 is 22.7 Å². The highest BCUT2D eigenvalue weighted by molar-refractivity contribution is 7.92. The van der Waals surface area contributed by atoms with E-state index in [0.717, 1.165) is 17.6 Å². The Labute approximate surface area is 165 Å². The summed E-state index contributed by atoms with van der Waals surface area (Å²) >= 11 is 0.